The highest BCUT2D eigenvalue weighted by Gasteiger charge is 2.12. The summed E-state index contributed by atoms with van der Waals surface area (Å²) in [6, 6.07) is 4.66. The normalized spacial score (nSPS) is 9.50. The van der Waals surface area contributed by atoms with E-state index in [-0.39, 0.29) is 17.0 Å². The maximum atomic E-state index is 10.5. The third-order valence-electron chi connectivity index (χ3n) is 1.61. The molecule has 0 bridgehead atoms. The maximum Gasteiger partial charge on any atom is 0.307 e. The van der Waals surface area contributed by atoms with E-state index < -0.39 is 5.97 Å². The van der Waals surface area contributed by atoms with Gasteiger partial charge in [-0.25, -0.2) is 0 Å². The lowest BCUT2D eigenvalue weighted by molar-refractivity contribution is -0.136. The summed E-state index contributed by atoms with van der Waals surface area (Å²) in [5.74, 6) is -1.04. The van der Waals surface area contributed by atoms with Crippen molar-refractivity contribution in [2.24, 2.45) is 0 Å². The van der Waals surface area contributed by atoms with E-state index >= 15 is 0 Å². The van der Waals surface area contributed by atoms with Gasteiger partial charge in [0, 0.05) is 10.0 Å². The number of nitrogens with zero attached hydrogens (tertiary/aromatic N) is 1. The molecule has 0 fully saturated rings. The molecule has 0 unspecified atom stereocenters. The van der Waals surface area contributed by atoms with Gasteiger partial charge in [0.05, 0.1) is 18.1 Å². The summed E-state index contributed by atoms with van der Waals surface area (Å²) in [5, 5.41) is 17.8. The molecule has 0 saturated heterocycles. The van der Waals surface area contributed by atoms with Crippen LogP contribution in [0.4, 0.5) is 0 Å². The van der Waals surface area contributed by atoms with Crippen LogP contribution in [0.2, 0.25) is 10.0 Å². The second kappa shape index (κ2) is 4.32. The van der Waals surface area contributed by atoms with Crippen LogP contribution in [0.3, 0.4) is 0 Å². The van der Waals surface area contributed by atoms with Gasteiger partial charge in [0.1, 0.15) is 0 Å². The van der Waals surface area contributed by atoms with Crippen molar-refractivity contribution in [2.45, 2.75) is 6.42 Å². The molecule has 0 aromatic heterocycles. The van der Waals surface area contributed by atoms with Crippen LogP contribution in [-0.4, -0.2) is 11.1 Å². The molecule has 0 aliphatic rings. The van der Waals surface area contributed by atoms with E-state index in [0.717, 1.165) is 0 Å². The summed E-state index contributed by atoms with van der Waals surface area (Å²) in [5.41, 5.74) is 0.496. The lowest BCUT2D eigenvalue weighted by atomic mass is 10.1. The first-order chi connectivity index (χ1) is 6.54. The van der Waals surface area contributed by atoms with E-state index in [0.29, 0.717) is 10.6 Å². The second-order valence-corrected chi connectivity index (χ2v) is 3.44. The Bertz CT molecular complexity index is 424. The molecule has 3 nitrogen and oxygen atoms in total. The fourth-order valence-corrected chi connectivity index (χ4v) is 1.59. The Kier molecular flexibility index (Phi) is 3.34. The second-order valence-electron chi connectivity index (χ2n) is 2.60. The minimum absolute atomic E-state index is 0.199. The number of rotatable bonds is 2. The van der Waals surface area contributed by atoms with Gasteiger partial charge in [-0.2, -0.15) is 5.26 Å². The average Bonchev–Trinajstić information content (AvgIpc) is 2.08. The third kappa shape index (κ3) is 2.38. The van der Waals surface area contributed by atoms with Crippen molar-refractivity contribution < 1.29 is 9.90 Å². The van der Waals surface area contributed by atoms with Crippen molar-refractivity contribution in [3.8, 4) is 6.07 Å². The molecular weight excluding hydrogens is 225 g/mol. The van der Waals surface area contributed by atoms with Crippen LogP contribution in [0, 0.1) is 11.3 Å². The summed E-state index contributed by atoms with van der Waals surface area (Å²) in [6.45, 7) is 0. The Labute approximate surface area is 90.5 Å². The molecule has 72 valence electrons. The molecule has 14 heavy (non-hydrogen) atoms. The number of halogens is 2. The van der Waals surface area contributed by atoms with Gasteiger partial charge in [-0.05, 0) is 17.7 Å². The number of carboxylic acids is 1. The number of hydrogen-bond donors (Lipinski definition) is 1. The van der Waals surface area contributed by atoms with Crippen molar-refractivity contribution >= 4 is 29.2 Å². The predicted octanol–water partition coefficient (Wildman–Crippen LogP) is 2.49. The lowest BCUT2D eigenvalue weighted by Gasteiger charge is -2.04. The van der Waals surface area contributed by atoms with Crippen molar-refractivity contribution in [3.63, 3.8) is 0 Å². The molecule has 0 aliphatic carbocycles. The fraction of sp³-hybridized carbons (Fsp3) is 0.111. The summed E-state index contributed by atoms with van der Waals surface area (Å²) < 4.78 is 0. The van der Waals surface area contributed by atoms with Gasteiger partial charge < -0.3 is 5.11 Å². The molecule has 1 rings (SSSR count). The largest absolute Gasteiger partial charge is 0.481 e. The van der Waals surface area contributed by atoms with Crippen LogP contribution in [0.15, 0.2) is 12.1 Å². The Balaban J connectivity index is 3.27. The Morgan fingerprint density at radius 1 is 1.50 bits per heavy atom. The van der Waals surface area contributed by atoms with Crippen molar-refractivity contribution in [1.82, 2.24) is 0 Å². The topological polar surface area (TPSA) is 61.1 Å². The molecule has 0 aliphatic heterocycles. The van der Waals surface area contributed by atoms with E-state index in [4.69, 9.17) is 33.6 Å². The molecule has 5 heteroatoms. The molecule has 0 heterocycles. The van der Waals surface area contributed by atoms with E-state index in [1.165, 1.54) is 12.1 Å². The van der Waals surface area contributed by atoms with Crippen LogP contribution >= 0.6 is 23.2 Å². The van der Waals surface area contributed by atoms with Crippen LogP contribution in [0.1, 0.15) is 11.1 Å². The number of nitriles is 1. The van der Waals surface area contributed by atoms with E-state index in [1.807, 2.05) is 6.07 Å². The van der Waals surface area contributed by atoms with Crippen molar-refractivity contribution in [3.05, 3.63) is 33.3 Å². The monoisotopic (exact) mass is 229 g/mol. The minimum atomic E-state index is -1.04. The number of carbonyl (C=O) groups is 1. The molecule has 0 saturated carbocycles. The van der Waals surface area contributed by atoms with Gasteiger partial charge in [0.25, 0.3) is 0 Å². The maximum absolute atomic E-state index is 10.5. The van der Waals surface area contributed by atoms with Crippen molar-refractivity contribution in [2.75, 3.05) is 0 Å². The highest BCUT2D eigenvalue weighted by molar-refractivity contribution is 6.35. The third-order valence-corrected chi connectivity index (χ3v) is 2.16. The minimum Gasteiger partial charge on any atom is -0.481 e. The molecule has 0 spiro atoms. The zero-order chi connectivity index (χ0) is 10.7. The predicted molar refractivity (Wildman–Crippen MR) is 52.5 cm³/mol. The number of hydrogen-bond acceptors (Lipinski definition) is 2. The van der Waals surface area contributed by atoms with Gasteiger partial charge in [0.15, 0.2) is 0 Å². The molecular formula is C9H5Cl2NO2. The smallest absolute Gasteiger partial charge is 0.307 e. The first kappa shape index (κ1) is 10.8. The number of aliphatic carboxylic acids is 1. The van der Waals surface area contributed by atoms with Gasteiger partial charge in [-0.3, -0.25) is 4.79 Å². The molecule has 1 aromatic carbocycles. The lowest BCUT2D eigenvalue weighted by Crippen LogP contribution is -2.03. The van der Waals surface area contributed by atoms with Crippen molar-refractivity contribution in [1.29, 1.82) is 5.26 Å². The first-order valence-corrected chi connectivity index (χ1v) is 4.40. The van der Waals surface area contributed by atoms with Gasteiger partial charge in [-0.1, -0.05) is 23.2 Å². The van der Waals surface area contributed by atoms with Gasteiger partial charge in [0.2, 0.25) is 0 Å². The molecule has 1 aromatic rings. The molecule has 0 radical (unpaired) electrons. The summed E-state index contributed by atoms with van der Waals surface area (Å²) >= 11 is 11.4. The van der Waals surface area contributed by atoms with Crippen LogP contribution in [0.25, 0.3) is 0 Å². The SMILES string of the molecule is N#Cc1cc(Cl)cc(Cl)c1CC(=O)O. The molecule has 1 N–H and O–H groups in total. The average molecular weight is 230 g/mol. The van der Waals surface area contributed by atoms with E-state index in [2.05, 4.69) is 0 Å². The zero-order valence-electron chi connectivity index (χ0n) is 6.92. The van der Waals surface area contributed by atoms with E-state index in [1.54, 1.807) is 0 Å². The highest BCUT2D eigenvalue weighted by atomic mass is 35.5. The van der Waals surface area contributed by atoms with Crippen LogP contribution < -0.4 is 0 Å². The molecule has 0 atom stereocenters. The highest BCUT2D eigenvalue weighted by Crippen LogP contribution is 2.25. The number of carboxylic acid groups (broad SMARTS) is 1. The van der Waals surface area contributed by atoms with Crippen LogP contribution in [0.5, 0.6) is 0 Å². The van der Waals surface area contributed by atoms with E-state index in [9.17, 15) is 4.79 Å². The first-order valence-electron chi connectivity index (χ1n) is 3.64. The summed E-state index contributed by atoms with van der Waals surface area (Å²) in [7, 11) is 0. The Morgan fingerprint density at radius 2 is 2.14 bits per heavy atom. The van der Waals surface area contributed by atoms with Gasteiger partial charge >= 0.3 is 5.97 Å². The summed E-state index contributed by atoms with van der Waals surface area (Å²) in [4.78, 5) is 10.5. The van der Waals surface area contributed by atoms with Crippen LogP contribution in [-0.2, 0) is 11.2 Å². The standard InChI is InChI=1S/C9H5Cl2NO2/c10-6-1-5(4-12)7(3-9(13)14)8(11)2-6/h1-2H,3H2,(H,13,14). The summed E-state index contributed by atoms with van der Waals surface area (Å²) in [6.07, 6.45) is -0.279. The Hall–Kier alpha value is -1.24. The quantitative estimate of drug-likeness (QED) is 0.848. The zero-order valence-corrected chi connectivity index (χ0v) is 8.43. The van der Waals surface area contributed by atoms with Gasteiger partial charge in [-0.15, -0.1) is 0 Å². The fourth-order valence-electron chi connectivity index (χ4n) is 1.03. The number of benzene rings is 1. The Morgan fingerprint density at radius 3 is 2.64 bits per heavy atom. The molecule has 0 amide bonds.